The number of rotatable bonds is 13. The van der Waals surface area contributed by atoms with Gasteiger partial charge < -0.3 is 4.74 Å². The molecule has 0 unspecified atom stereocenters. The van der Waals surface area contributed by atoms with Gasteiger partial charge in [-0.1, -0.05) is 84.5 Å². The first-order valence-electron chi connectivity index (χ1n) is 16.9. The van der Waals surface area contributed by atoms with Gasteiger partial charge in [0, 0.05) is 12.0 Å². The number of ether oxygens (including phenoxy) is 1. The van der Waals surface area contributed by atoms with Gasteiger partial charge in [0.05, 0.1) is 6.61 Å². The fraction of sp³-hybridized carbons (Fsp3) is 0.806. The number of hydrogen-bond acceptors (Lipinski definition) is 2. The zero-order chi connectivity index (χ0) is 27.6. The third kappa shape index (κ3) is 8.80. The van der Waals surface area contributed by atoms with Crippen LogP contribution in [0.15, 0.2) is 12.1 Å². The second-order valence-electron chi connectivity index (χ2n) is 13.7. The van der Waals surface area contributed by atoms with Crippen molar-refractivity contribution in [2.45, 2.75) is 143 Å². The number of hydrogen-bond donors (Lipinski definition) is 0. The number of Topliss-reactive ketones (excluding diaryl/α,β-unsaturated/α-hetero) is 1. The molecule has 0 radical (unpaired) electrons. The second kappa shape index (κ2) is 15.6. The molecule has 220 valence electrons. The summed E-state index contributed by atoms with van der Waals surface area (Å²) in [6.45, 7) is 6.92. The van der Waals surface area contributed by atoms with Crippen molar-refractivity contribution in [1.82, 2.24) is 0 Å². The van der Waals surface area contributed by atoms with Gasteiger partial charge in [-0.05, 0) is 105 Å². The molecule has 0 spiro atoms. The number of halogens is 1. The summed E-state index contributed by atoms with van der Waals surface area (Å²) in [6.07, 6.45) is 24.2. The normalized spacial score (nSPS) is 29.7. The van der Waals surface area contributed by atoms with Crippen LogP contribution in [-0.4, -0.2) is 12.4 Å². The summed E-state index contributed by atoms with van der Waals surface area (Å²) < 4.78 is 21.1. The maximum atomic E-state index is 15.1. The van der Waals surface area contributed by atoms with Crippen LogP contribution in [0.4, 0.5) is 4.39 Å². The minimum Gasteiger partial charge on any atom is -0.490 e. The molecule has 0 amide bonds. The maximum Gasteiger partial charge on any atom is 0.168 e. The van der Waals surface area contributed by atoms with Crippen molar-refractivity contribution in [3.05, 3.63) is 29.1 Å². The summed E-state index contributed by atoms with van der Waals surface area (Å²) in [5.41, 5.74) is 1.00. The summed E-state index contributed by atoms with van der Waals surface area (Å²) >= 11 is 0. The van der Waals surface area contributed by atoms with Gasteiger partial charge in [0.2, 0.25) is 0 Å². The van der Waals surface area contributed by atoms with E-state index in [4.69, 9.17) is 4.74 Å². The van der Waals surface area contributed by atoms with Gasteiger partial charge >= 0.3 is 0 Å². The van der Waals surface area contributed by atoms with E-state index in [1.807, 2.05) is 0 Å². The number of benzene rings is 1. The van der Waals surface area contributed by atoms with Crippen LogP contribution in [0.2, 0.25) is 0 Å². The Kier molecular flexibility index (Phi) is 12.2. The molecule has 3 fully saturated rings. The lowest BCUT2D eigenvalue weighted by atomic mass is 9.68. The predicted octanol–water partition coefficient (Wildman–Crippen LogP) is 10.9. The van der Waals surface area contributed by atoms with E-state index in [1.165, 1.54) is 103 Å². The molecule has 0 bridgehead atoms. The number of carbonyl (C=O) groups is 1. The highest BCUT2D eigenvalue weighted by Crippen LogP contribution is 2.43. The predicted molar refractivity (Wildman–Crippen MR) is 161 cm³/mol. The molecule has 1 aromatic carbocycles. The van der Waals surface area contributed by atoms with Crippen molar-refractivity contribution in [3.8, 4) is 5.75 Å². The van der Waals surface area contributed by atoms with Gasteiger partial charge in [-0.15, -0.1) is 0 Å². The van der Waals surface area contributed by atoms with Gasteiger partial charge in [0.25, 0.3) is 0 Å². The molecule has 0 saturated heterocycles. The van der Waals surface area contributed by atoms with Gasteiger partial charge in [0.1, 0.15) is 0 Å². The van der Waals surface area contributed by atoms with Crippen LogP contribution in [0.5, 0.6) is 5.75 Å². The zero-order valence-electron chi connectivity index (χ0n) is 25.5. The minimum atomic E-state index is -0.345. The largest absolute Gasteiger partial charge is 0.490 e. The first-order chi connectivity index (χ1) is 19.0. The van der Waals surface area contributed by atoms with E-state index in [0.717, 1.165) is 42.4 Å². The van der Waals surface area contributed by atoms with Crippen LogP contribution in [0.3, 0.4) is 0 Å². The van der Waals surface area contributed by atoms with Crippen molar-refractivity contribution in [3.63, 3.8) is 0 Å². The highest BCUT2D eigenvalue weighted by Gasteiger charge is 2.30. The lowest BCUT2D eigenvalue weighted by Gasteiger charge is -2.38. The van der Waals surface area contributed by atoms with E-state index >= 15 is 4.39 Å². The molecule has 1 aromatic rings. The van der Waals surface area contributed by atoms with Crippen molar-refractivity contribution >= 4 is 5.78 Å². The van der Waals surface area contributed by atoms with E-state index in [-0.39, 0.29) is 11.6 Å². The Hall–Kier alpha value is -1.38. The van der Waals surface area contributed by atoms with Crippen LogP contribution in [0.1, 0.15) is 152 Å². The lowest BCUT2D eigenvalue weighted by molar-refractivity contribution is 0.0972. The molecular formula is C36H57FO2. The molecule has 0 aromatic heterocycles. The monoisotopic (exact) mass is 540 g/mol. The molecule has 0 atom stereocenters. The molecule has 0 N–H and O–H groups in total. The third-order valence-corrected chi connectivity index (χ3v) is 11.0. The van der Waals surface area contributed by atoms with E-state index in [0.29, 0.717) is 35.8 Å². The summed E-state index contributed by atoms with van der Waals surface area (Å²) in [4.78, 5) is 13.0. The molecule has 3 saturated carbocycles. The molecule has 0 heterocycles. The van der Waals surface area contributed by atoms with Crippen LogP contribution >= 0.6 is 0 Å². The maximum absolute atomic E-state index is 15.1. The van der Waals surface area contributed by atoms with Gasteiger partial charge in [-0.3, -0.25) is 4.79 Å². The van der Waals surface area contributed by atoms with E-state index in [9.17, 15) is 4.79 Å². The summed E-state index contributed by atoms with van der Waals surface area (Å²) in [6, 6.07) is 3.49. The van der Waals surface area contributed by atoms with E-state index in [1.54, 1.807) is 19.1 Å². The fourth-order valence-corrected chi connectivity index (χ4v) is 8.37. The molecule has 39 heavy (non-hydrogen) atoms. The van der Waals surface area contributed by atoms with E-state index in [2.05, 4.69) is 13.8 Å². The van der Waals surface area contributed by atoms with Crippen molar-refractivity contribution in [2.75, 3.05) is 6.61 Å². The summed E-state index contributed by atoms with van der Waals surface area (Å²) in [7, 11) is 0. The van der Waals surface area contributed by atoms with Crippen molar-refractivity contribution < 1.29 is 13.9 Å². The van der Waals surface area contributed by atoms with Crippen molar-refractivity contribution in [2.24, 2.45) is 35.5 Å². The molecule has 0 aliphatic heterocycles. The smallest absolute Gasteiger partial charge is 0.168 e. The average molecular weight is 541 g/mol. The Labute approximate surface area is 239 Å². The summed E-state index contributed by atoms with van der Waals surface area (Å²) in [5, 5.41) is 0. The van der Waals surface area contributed by atoms with Gasteiger partial charge in [0.15, 0.2) is 17.3 Å². The zero-order valence-corrected chi connectivity index (χ0v) is 25.5. The topological polar surface area (TPSA) is 26.3 Å². The molecular weight excluding hydrogens is 483 g/mol. The first kappa shape index (κ1) is 30.6. The summed E-state index contributed by atoms with van der Waals surface area (Å²) in [5.74, 6) is 5.15. The average Bonchev–Trinajstić information content (AvgIpc) is 2.96. The molecule has 4 rings (SSSR count). The Morgan fingerprint density at radius 1 is 0.744 bits per heavy atom. The quantitative estimate of drug-likeness (QED) is 0.233. The fourth-order valence-electron chi connectivity index (χ4n) is 8.37. The SMILES string of the molecule is CCCC1CCC(COc2ccc(C(=O)CCCC3CCC(C4CCC(CCC)CC4)CC3)c(C)c2F)CC1. The minimum absolute atomic E-state index is 0.0877. The Bertz CT molecular complexity index is 870. The van der Waals surface area contributed by atoms with Crippen LogP contribution in [0.25, 0.3) is 0 Å². The van der Waals surface area contributed by atoms with E-state index < -0.39 is 0 Å². The van der Waals surface area contributed by atoms with Crippen LogP contribution in [-0.2, 0) is 0 Å². The molecule has 3 heteroatoms. The number of ketones is 1. The van der Waals surface area contributed by atoms with Gasteiger partial charge in [-0.2, -0.15) is 0 Å². The first-order valence-corrected chi connectivity index (χ1v) is 16.9. The number of carbonyl (C=O) groups excluding carboxylic acids is 1. The third-order valence-electron chi connectivity index (χ3n) is 11.0. The Balaban J connectivity index is 1.15. The molecule has 3 aliphatic carbocycles. The molecule has 3 aliphatic rings. The standard InChI is InChI=1S/C36H57FO2/c1-4-7-27-11-13-30(14-12-27)25-39-35-24-23-33(26(3)36(35)37)34(38)10-6-9-29-17-21-32(22-18-29)31-19-15-28(8-5-2)16-20-31/h23-24,27-32H,4-22,25H2,1-3H3. The Morgan fingerprint density at radius 3 is 1.77 bits per heavy atom. The highest BCUT2D eigenvalue weighted by molar-refractivity contribution is 5.97. The van der Waals surface area contributed by atoms with Gasteiger partial charge in [-0.25, -0.2) is 4.39 Å². The second-order valence-corrected chi connectivity index (χ2v) is 13.7. The lowest BCUT2D eigenvalue weighted by Crippen LogP contribution is -2.26. The molecule has 2 nitrogen and oxygen atoms in total. The van der Waals surface area contributed by atoms with Crippen molar-refractivity contribution in [1.29, 1.82) is 0 Å². The highest BCUT2D eigenvalue weighted by atomic mass is 19.1. The Morgan fingerprint density at radius 2 is 1.23 bits per heavy atom. The van der Waals surface area contributed by atoms with Crippen LogP contribution in [0, 0.1) is 48.2 Å². The van der Waals surface area contributed by atoms with Crippen LogP contribution < -0.4 is 4.74 Å².